The minimum absolute atomic E-state index is 0.0629. The summed E-state index contributed by atoms with van der Waals surface area (Å²) < 4.78 is 21.0. The van der Waals surface area contributed by atoms with Crippen molar-refractivity contribution in [1.29, 1.82) is 0 Å². The topological polar surface area (TPSA) is 43.5 Å². The maximum absolute atomic E-state index is 5.53. The molecule has 15 heavy (non-hydrogen) atoms. The predicted molar refractivity (Wildman–Crippen MR) is 52.0 cm³/mol. The molecular weight excluding hydrogens is 196 g/mol. The van der Waals surface area contributed by atoms with Crippen LogP contribution in [0.25, 0.3) is 0 Å². The molecule has 80 valence electrons. The van der Waals surface area contributed by atoms with Crippen molar-refractivity contribution in [2.75, 3.05) is 19.8 Å². The first kappa shape index (κ1) is 9.00. The third-order valence-electron chi connectivity index (χ3n) is 2.21. The molecule has 0 bridgehead atoms. The summed E-state index contributed by atoms with van der Waals surface area (Å²) in [4.78, 5) is 0. The lowest BCUT2D eigenvalue weighted by Gasteiger charge is -2.06. The Morgan fingerprint density at radius 2 is 2.00 bits per heavy atom. The fraction of sp³-hybridized carbons (Fsp3) is 0.455. The van der Waals surface area contributed by atoms with E-state index in [0.717, 1.165) is 18.1 Å². The van der Waals surface area contributed by atoms with Crippen LogP contribution in [0.5, 0.6) is 11.5 Å². The van der Waals surface area contributed by atoms with Crippen LogP contribution in [0.4, 0.5) is 0 Å². The van der Waals surface area contributed by atoms with E-state index in [2.05, 4.69) is 0 Å². The maximum atomic E-state index is 5.53. The molecule has 2 unspecified atom stereocenters. The highest BCUT2D eigenvalue weighted by atomic mass is 16.8. The summed E-state index contributed by atoms with van der Waals surface area (Å²) in [6.45, 7) is 2.11. The van der Waals surface area contributed by atoms with Gasteiger partial charge in [-0.1, -0.05) is 6.07 Å². The number of benzene rings is 1. The zero-order valence-electron chi connectivity index (χ0n) is 8.22. The minimum atomic E-state index is -0.0629. The Bertz CT molecular complexity index is 344. The van der Waals surface area contributed by atoms with Gasteiger partial charge in [-0.15, -0.1) is 0 Å². The van der Waals surface area contributed by atoms with Gasteiger partial charge in [-0.3, -0.25) is 0 Å². The summed E-state index contributed by atoms with van der Waals surface area (Å²) >= 11 is 0. The molecule has 0 spiro atoms. The van der Waals surface area contributed by atoms with Crippen molar-refractivity contribution in [2.45, 2.75) is 12.4 Å². The molecule has 4 nitrogen and oxygen atoms in total. The number of hydrogen-bond donors (Lipinski definition) is 0. The van der Waals surface area contributed by atoms with E-state index in [4.69, 9.17) is 18.9 Å². The van der Waals surface area contributed by atoms with E-state index in [9.17, 15) is 0 Å². The molecule has 2 aliphatic rings. The molecule has 2 atom stereocenters. The first-order chi connectivity index (χ1) is 7.40. The van der Waals surface area contributed by atoms with Crippen LogP contribution in [-0.4, -0.2) is 32.2 Å². The van der Waals surface area contributed by atoms with Crippen LogP contribution in [0.3, 0.4) is 0 Å². The number of rotatable bonds is 5. The van der Waals surface area contributed by atoms with Crippen molar-refractivity contribution in [3.8, 4) is 11.5 Å². The van der Waals surface area contributed by atoms with Crippen molar-refractivity contribution in [3.05, 3.63) is 24.3 Å². The van der Waals surface area contributed by atoms with Gasteiger partial charge in [0.25, 0.3) is 0 Å². The highest BCUT2D eigenvalue weighted by Gasteiger charge is 2.25. The summed E-state index contributed by atoms with van der Waals surface area (Å²) in [6, 6.07) is 7.57. The van der Waals surface area contributed by atoms with Crippen molar-refractivity contribution in [1.82, 2.24) is 0 Å². The van der Waals surface area contributed by atoms with E-state index in [1.807, 2.05) is 24.3 Å². The lowest BCUT2D eigenvalue weighted by Crippen LogP contribution is -2.04. The largest absolute Gasteiger partial charge is 0.491 e. The molecule has 2 saturated heterocycles. The third kappa shape index (κ3) is 2.61. The van der Waals surface area contributed by atoms with Gasteiger partial charge in [0.1, 0.15) is 30.8 Å². The molecule has 2 heterocycles. The van der Waals surface area contributed by atoms with Crippen LogP contribution in [0.1, 0.15) is 0 Å². The third-order valence-corrected chi connectivity index (χ3v) is 2.21. The van der Waals surface area contributed by atoms with Crippen LogP contribution in [0.15, 0.2) is 24.3 Å². The summed E-state index contributed by atoms with van der Waals surface area (Å²) in [6.07, 6.45) is 0.216. The Labute approximate surface area is 87.7 Å². The normalized spacial score (nSPS) is 27.2. The second kappa shape index (κ2) is 3.72. The quantitative estimate of drug-likeness (QED) is 0.682. The SMILES string of the molecule is c1cc(OCC2CO2)cc(OC2CO2)c1. The molecule has 0 aliphatic carbocycles. The summed E-state index contributed by atoms with van der Waals surface area (Å²) in [5.74, 6) is 1.59. The van der Waals surface area contributed by atoms with Crippen LogP contribution in [0, 0.1) is 0 Å². The standard InChI is InChI=1S/C11H12O4/c1-2-8(12-5-10-6-13-10)4-9(3-1)15-11-7-14-11/h1-4,10-11H,5-7H2. The smallest absolute Gasteiger partial charge is 0.223 e. The fourth-order valence-corrected chi connectivity index (χ4v) is 1.25. The molecule has 0 radical (unpaired) electrons. The molecule has 0 saturated carbocycles. The van der Waals surface area contributed by atoms with Crippen LogP contribution in [0.2, 0.25) is 0 Å². The second-order valence-electron chi connectivity index (χ2n) is 3.62. The van der Waals surface area contributed by atoms with Crippen molar-refractivity contribution >= 4 is 0 Å². The second-order valence-corrected chi connectivity index (χ2v) is 3.62. The van der Waals surface area contributed by atoms with E-state index in [1.54, 1.807) is 0 Å². The molecule has 0 amide bonds. The van der Waals surface area contributed by atoms with Gasteiger partial charge in [0.15, 0.2) is 0 Å². The molecule has 0 N–H and O–H groups in total. The van der Waals surface area contributed by atoms with E-state index in [-0.39, 0.29) is 12.4 Å². The molecule has 2 fully saturated rings. The first-order valence-electron chi connectivity index (χ1n) is 5.03. The van der Waals surface area contributed by atoms with Crippen molar-refractivity contribution in [2.24, 2.45) is 0 Å². The summed E-state index contributed by atoms with van der Waals surface area (Å²) in [5.41, 5.74) is 0. The average molecular weight is 208 g/mol. The van der Waals surface area contributed by atoms with Gasteiger partial charge in [0.05, 0.1) is 6.61 Å². The van der Waals surface area contributed by atoms with Crippen LogP contribution < -0.4 is 9.47 Å². The summed E-state index contributed by atoms with van der Waals surface area (Å²) in [7, 11) is 0. The Morgan fingerprint density at radius 3 is 2.73 bits per heavy atom. The van der Waals surface area contributed by atoms with Crippen molar-refractivity contribution < 1.29 is 18.9 Å². The lowest BCUT2D eigenvalue weighted by atomic mass is 10.3. The van der Waals surface area contributed by atoms with Gasteiger partial charge in [-0.2, -0.15) is 0 Å². The first-order valence-corrected chi connectivity index (χ1v) is 5.03. The van der Waals surface area contributed by atoms with E-state index in [0.29, 0.717) is 13.2 Å². The van der Waals surface area contributed by atoms with Gasteiger partial charge >= 0.3 is 0 Å². The van der Waals surface area contributed by atoms with Gasteiger partial charge in [0, 0.05) is 6.07 Å². The molecule has 0 aromatic heterocycles. The van der Waals surface area contributed by atoms with Gasteiger partial charge in [-0.25, -0.2) is 0 Å². The van der Waals surface area contributed by atoms with Gasteiger partial charge < -0.3 is 18.9 Å². The highest BCUT2D eigenvalue weighted by Crippen LogP contribution is 2.24. The zero-order chi connectivity index (χ0) is 10.1. The van der Waals surface area contributed by atoms with E-state index >= 15 is 0 Å². The van der Waals surface area contributed by atoms with Crippen LogP contribution >= 0.6 is 0 Å². The molecule has 4 heteroatoms. The Kier molecular flexibility index (Phi) is 2.23. The Morgan fingerprint density at radius 1 is 1.20 bits per heavy atom. The average Bonchev–Trinajstić information content (AvgIpc) is 3.10. The minimum Gasteiger partial charge on any atom is -0.491 e. The van der Waals surface area contributed by atoms with Gasteiger partial charge in [0.2, 0.25) is 6.29 Å². The monoisotopic (exact) mass is 208 g/mol. The van der Waals surface area contributed by atoms with Crippen LogP contribution in [-0.2, 0) is 9.47 Å². The number of epoxide rings is 2. The molecular formula is C11H12O4. The molecule has 1 aromatic carbocycles. The lowest BCUT2D eigenvalue weighted by molar-refractivity contribution is 0.178. The molecule has 1 aromatic rings. The van der Waals surface area contributed by atoms with E-state index in [1.165, 1.54) is 0 Å². The number of hydrogen-bond acceptors (Lipinski definition) is 4. The number of ether oxygens (including phenoxy) is 4. The summed E-state index contributed by atoms with van der Waals surface area (Å²) in [5, 5.41) is 0. The highest BCUT2D eigenvalue weighted by molar-refractivity contribution is 5.33. The predicted octanol–water partition coefficient (Wildman–Crippen LogP) is 1.20. The zero-order valence-corrected chi connectivity index (χ0v) is 8.22. The fourth-order valence-electron chi connectivity index (χ4n) is 1.25. The molecule has 2 aliphatic heterocycles. The maximum Gasteiger partial charge on any atom is 0.223 e. The Hall–Kier alpha value is -1.26. The van der Waals surface area contributed by atoms with Gasteiger partial charge in [-0.05, 0) is 12.1 Å². The Balaban J connectivity index is 1.59. The van der Waals surface area contributed by atoms with E-state index < -0.39 is 0 Å². The van der Waals surface area contributed by atoms with Crippen molar-refractivity contribution in [3.63, 3.8) is 0 Å². The molecule has 3 rings (SSSR count).